The highest BCUT2D eigenvalue weighted by molar-refractivity contribution is 5.96. The summed E-state index contributed by atoms with van der Waals surface area (Å²) in [6.45, 7) is 1.63. The van der Waals surface area contributed by atoms with Crippen LogP contribution >= 0.6 is 0 Å². The predicted octanol–water partition coefficient (Wildman–Crippen LogP) is -1.44. The van der Waals surface area contributed by atoms with Crippen molar-refractivity contribution in [2.45, 2.75) is 69.3 Å². The number of benzene rings is 1. The Hall–Kier alpha value is -4.01. The van der Waals surface area contributed by atoms with Crippen molar-refractivity contribution < 1.29 is 39.3 Å². The van der Waals surface area contributed by atoms with E-state index in [2.05, 4.69) is 20.9 Å². The van der Waals surface area contributed by atoms with Gasteiger partial charge in [-0.15, -0.1) is 0 Å². The number of aliphatic carboxylic acids is 2. The molecule has 0 radical (unpaired) electrons. The van der Waals surface area contributed by atoms with Gasteiger partial charge in [0.2, 0.25) is 17.7 Å². The summed E-state index contributed by atoms with van der Waals surface area (Å²) >= 11 is 0. The van der Waals surface area contributed by atoms with E-state index in [-0.39, 0.29) is 12.8 Å². The van der Waals surface area contributed by atoms with Crippen LogP contribution in [0.4, 0.5) is 0 Å². The van der Waals surface area contributed by atoms with E-state index in [1.54, 1.807) is 18.3 Å². The number of rotatable bonds is 16. The Morgan fingerprint density at radius 1 is 0.923 bits per heavy atom. The van der Waals surface area contributed by atoms with Gasteiger partial charge in [0.1, 0.15) is 24.2 Å². The maximum atomic E-state index is 13.0. The van der Waals surface area contributed by atoms with Crippen LogP contribution in [0.15, 0.2) is 30.5 Å². The standard InChI is InChI=1S/C25H36N6O8/c1-13(32)21(27)24(37)29-17(8-4-5-9-26)22(35)30-18(11-20(33)34)23(36)31-19(25(38)39)10-14-12-28-16-7-3-2-6-15(14)16/h2-3,6-7,12-13,17-19,21,28,32H,4-5,8-11,26-27H2,1H3,(H,29,37)(H,30,35)(H,31,36)(H,33,34)(H,38,39). The normalized spacial score (nSPS) is 15.0. The van der Waals surface area contributed by atoms with Gasteiger partial charge in [-0.25, -0.2) is 4.79 Å². The molecule has 2 aromatic rings. The number of carboxylic acids is 2. The highest BCUT2D eigenvalue weighted by Gasteiger charge is 2.32. The number of aromatic nitrogens is 1. The van der Waals surface area contributed by atoms with E-state index in [0.717, 1.165) is 10.9 Å². The summed E-state index contributed by atoms with van der Waals surface area (Å²) in [6.07, 6.45) is 0.516. The lowest BCUT2D eigenvalue weighted by atomic mass is 10.0. The quantitative estimate of drug-likeness (QED) is 0.110. The minimum atomic E-state index is -1.64. The molecule has 0 aliphatic heterocycles. The number of aliphatic hydroxyl groups is 1. The largest absolute Gasteiger partial charge is 0.481 e. The Kier molecular flexibility index (Phi) is 11.8. The van der Waals surface area contributed by atoms with E-state index in [1.807, 2.05) is 12.1 Å². The number of carbonyl (C=O) groups excluding carboxylic acids is 3. The van der Waals surface area contributed by atoms with E-state index in [1.165, 1.54) is 6.92 Å². The first-order chi connectivity index (χ1) is 18.4. The molecule has 1 heterocycles. The molecule has 0 fully saturated rings. The van der Waals surface area contributed by atoms with Gasteiger partial charge in [-0.05, 0) is 44.4 Å². The third-order valence-electron chi connectivity index (χ3n) is 6.13. The molecule has 0 bridgehead atoms. The first-order valence-electron chi connectivity index (χ1n) is 12.5. The smallest absolute Gasteiger partial charge is 0.326 e. The minimum absolute atomic E-state index is 0.0982. The van der Waals surface area contributed by atoms with Gasteiger partial charge in [0, 0.05) is 23.5 Å². The number of carbonyl (C=O) groups is 5. The fraction of sp³-hybridized carbons (Fsp3) is 0.480. The molecule has 5 atom stereocenters. The fourth-order valence-electron chi connectivity index (χ4n) is 3.90. The zero-order chi connectivity index (χ0) is 29.1. The molecular formula is C25H36N6O8. The average molecular weight is 549 g/mol. The molecule has 39 heavy (non-hydrogen) atoms. The molecular weight excluding hydrogens is 512 g/mol. The van der Waals surface area contributed by atoms with Crippen LogP contribution in [-0.2, 0) is 30.4 Å². The summed E-state index contributed by atoms with van der Waals surface area (Å²) in [5, 5.41) is 36.4. The number of aromatic amines is 1. The minimum Gasteiger partial charge on any atom is -0.481 e. The third kappa shape index (κ3) is 9.35. The van der Waals surface area contributed by atoms with E-state index in [4.69, 9.17) is 11.5 Å². The Balaban J connectivity index is 2.18. The highest BCUT2D eigenvalue weighted by atomic mass is 16.4. The van der Waals surface area contributed by atoms with Crippen molar-refractivity contribution in [1.82, 2.24) is 20.9 Å². The van der Waals surface area contributed by atoms with Gasteiger partial charge in [0.05, 0.1) is 12.5 Å². The first kappa shape index (κ1) is 31.2. The Bertz CT molecular complexity index is 1170. The molecule has 1 aromatic carbocycles. The van der Waals surface area contributed by atoms with E-state index >= 15 is 0 Å². The topological polar surface area (TPSA) is 250 Å². The molecule has 214 valence electrons. The van der Waals surface area contributed by atoms with Gasteiger partial charge in [-0.2, -0.15) is 0 Å². The van der Waals surface area contributed by atoms with Crippen molar-refractivity contribution in [2.75, 3.05) is 6.54 Å². The lowest BCUT2D eigenvalue weighted by Gasteiger charge is -2.25. The molecule has 3 amide bonds. The van der Waals surface area contributed by atoms with Crippen LogP contribution in [0.2, 0.25) is 0 Å². The number of hydrogen-bond donors (Lipinski definition) is 9. The molecule has 14 heteroatoms. The van der Waals surface area contributed by atoms with Crippen molar-refractivity contribution in [3.63, 3.8) is 0 Å². The van der Waals surface area contributed by atoms with E-state index in [9.17, 15) is 39.3 Å². The van der Waals surface area contributed by atoms with Crippen molar-refractivity contribution >= 4 is 40.6 Å². The molecule has 0 saturated heterocycles. The van der Waals surface area contributed by atoms with Gasteiger partial charge in [-0.1, -0.05) is 18.2 Å². The Morgan fingerprint density at radius 2 is 1.54 bits per heavy atom. The molecule has 11 N–H and O–H groups in total. The zero-order valence-electron chi connectivity index (χ0n) is 21.6. The molecule has 1 aromatic heterocycles. The van der Waals surface area contributed by atoms with Crippen LogP contribution in [-0.4, -0.2) is 86.8 Å². The predicted molar refractivity (Wildman–Crippen MR) is 140 cm³/mol. The van der Waals surface area contributed by atoms with Crippen molar-refractivity contribution in [3.05, 3.63) is 36.0 Å². The van der Waals surface area contributed by atoms with Crippen LogP contribution < -0.4 is 27.4 Å². The molecule has 5 unspecified atom stereocenters. The van der Waals surface area contributed by atoms with Gasteiger partial charge in [0.15, 0.2) is 0 Å². The number of para-hydroxylation sites is 1. The number of fused-ring (bicyclic) bond motifs is 1. The number of hydrogen-bond acceptors (Lipinski definition) is 8. The average Bonchev–Trinajstić information content (AvgIpc) is 3.29. The number of unbranched alkanes of at least 4 members (excludes halogenated alkanes) is 1. The van der Waals surface area contributed by atoms with Gasteiger partial charge < -0.3 is 47.7 Å². The van der Waals surface area contributed by atoms with Crippen molar-refractivity contribution in [3.8, 4) is 0 Å². The van der Waals surface area contributed by atoms with E-state index in [0.29, 0.717) is 24.9 Å². The van der Waals surface area contributed by atoms with Crippen LogP contribution in [0.1, 0.15) is 38.2 Å². The van der Waals surface area contributed by atoms with Gasteiger partial charge in [-0.3, -0.25) is 19.2 Å². The zero-order valence-corrected chi connectivity index (χ0v) is 21.6. The summed E-state index contributed by atoms with van der Waals surface area (Å²) in [4.78, 5) is 64.8. The Morgan fingerprint density at radius 3 is 2.15 bits per heavy atom. The van der Waals surface area contributed by atoms with Crippen LogP contribution in [0, 0.1) is 0 Å². The molecule has 0 aliphatic carbocycles. The summed E-state index contributed by atoms with van der Waals surface area (Å²) < 4.78 is 0. The highest BCUT2D eigenvalue weighted by Crippen LogP contribution is 2.19. The molecule has 0 saturated carbocycles. The summed E-state index contributed by atoms with van der Waals surface area (Å²) in [6, 6.07) is 1.59. The Labute approximate surface area is 224 Å². The number of nitrogens with one attached hydrogen (secondary N) is 4. The summed E-state index contributed by atoms with van der Waals surface area (Å²) in [5.74, 6) is -5.48. The molecule has 14 nitrogen and oxygen atoms in total. The maximum absolute atomic E-state index is 13.0. The lowest BCUT2D eigenvalue weighted by Crippen LogP contribution is -2.58. The monoisotopic (exact) mass is 548 g/mol. The number of aliphatic hydroxyl groups excluding tert-OH is 1. The number of amides is 3. The second-order valence-corrected chi connectivity index (χ2v) is 9.23. The number of nitrogens with two attached hydrogens (primary N) is 2. The molecule has 0 aliphatic rings. The van der Waals surface area contributed by atoms with Crippen LogP contribution in [0.5, 0.6) is 0 Å². The fourth-order valence-corrected chi connectivity index (χ4v) is 3.90. The lowest BCUT2D eigenvalue weighted by molar-refractivity contribution is -0.143. The number of H-pyrrole nitrogens is 1. The van der Waals surface area contributed by atoms with Gasteiger partial charge >= 0.3 is 11.9 Å². The molecule has 0 spiro atoms. The maximum Gasteiger partial charge on any atom is 0.326 e. The summed E-state index contributed by atoms with van der Waals surface area (Å²) in [7, 11) is 0. The van der Waals surface area contributed by atoms with Crippen LogP contribution in [0.3, 0.4) is 0 Å². The summed E-state index contributed by atoms with van der Waals surface area (Å²) in [5.41, 5.74) is 12.5. The number of carboxylic acid groups (broad SMARTS) is 2. The second-order valence-electron chi connectivity index (χ2n) is 9.23. The van der Waals surface area contributed by atoms with Crippen molar-refractivity contribution in [1.29, 1.82) is 0 Å². The van der Waals surface area contributed by atoms with Crippen molar-refractivity contribution in [2.24, 2.45) is 11.5 Å². The first-order valence-corrected chi connectivity index (χ1v) is 12.5. The second kappa shape index (κ2) is 14.8. The van der Waals surface area contributed by atoms with Gasteiger partial charge in [0.25, 0.3) is 0 Å². The van der Waals surface area contributed by atoms with Crippen LogP contribution in [0.25, 0.3) is 10.9 Å². The molecule has 2 rings (SSSR count). The SMILES string of the molecule is CC(O)C(N)C(=O)NC(CCCCN)C(=O)NC(CC(=O)O)C(=O)NC(Cc1c[nH]c2ccccc12)C(=O)O. The van der Waals surface area contributed by atoms with E-state index < -0.39 is 66.4 Å². The third-order valence-corrected chi connectivity index (χ3v) is 6.13.